The molecule has 2 atom stereocenters. The highest BCUT2D eigenvalue weighted by atomic mass is 31.2. The molecule has 0 fully saturated rings. The van der Waals surface area contributed by atoms with Crippen molar-refractivity contribution in [2.45, 2.75) is 65.0 Å². The Kier molecular flexibility index (Phi) is 14.1. The minimum atomic E-state index is -1.52. The van der Waals surface area contributed by atoms with Gasteiger partial charge < -0.3 is 23.3 Å². The van der Waals surface area contributed by atoms with Crippen LogP contribution in [0.4, 0.5) is 5.69 Å². The van der Waals surface area contributed by atoms with E-state index in [-0.39, 0.29) is 42.3 Å². The van der Waals surface area contributed by atoms with Crippen LogP contribution in [0.5, 0.6) is 11.5 Å². The lowest BCUT2D eigenvalue weighted by molar-refractivity contribution is -0.386. The summed E-state index contributed by atoms with van der Waals surface area (Å²) in [5.41, 5.74) is 3.41. The third-order valence-electron chi connectivity index (χ3n) is 7.79. The average Bonchev–Trinajstić information content (AvgIpc) is 3.11. The van der Waals surface area contributed by atoms with E-state index in [0.29, 0.717) is 22.6 Å². The molecule has 2 unspecified atom stereocenters. The third kappa shape index (κ3) is 10.1. The Morgan fingerprint density at radius 2 is 1.33 bits per heavy atom. The maximum atomic E-state index is 12.7. The van der Waals surface area contributed by atoms with Gasteiger partial charge >= 0.3 is 0 Å². The summed E-state index contributed by atoms with van der Waals surface area (Å²) in [4.78, 5) is 12.3. The van der Waals surface area contributed by atoms with Gasteiger partial charge in [0.1, 0.15) is 23.7 Å². The van der Waals surface area contributed by atoms with E-state index < -0.39 is 20.7 Å². The molecule has 258 valence electrons. The standard InChI is InChI=1S/C38H44N3O7P/c1-27(2)40(28(3)4)49(46-24-10-23-39)47-26-29-13-22-35(36(25-29)41(42)43)38(30-11-8-7-9-12-30)48-37(31-14-18-33(44-5)19-15-31)32-16-20-34(45-6)21-17-32/h7-9,11-22,25,27-28,37-38H,10,24,26H2,1-6H3. The van der Waals surface area contributed by atoms with Gasteiger partial charge in [-0.3, -0.25) is 10.1 Å². The summed E-state index contributed by atoms with van der Waals surface area (Å²) < 4.78 is 32.1. The second-order valence-corrected chi connectivity index (χ2v) is 13.3. The molecule has 4 aromatic carbocycles. The lowest BCUT2D eigenvalue weighted by atomic mass is 9.96. The van der Waals surface area contributed by atoms with Gasteiger partial charge in [0.2, 0.25) is 0 Å². The number of ether oxygens (including phenoxy) is 3. The number of hydrogen-bond acceptors (Lipinski definition) is 9. The van der Waals surface area contributed by atoms with Crippen LogP contribution in [-0.4, -0.2) is 42.5 Å². The Morgan fingerprint density at radius 1 is 0.776 bits per heavy atom. The van der Waals surface area contributed by atoms with Gasteiger partial charge in [0, 0.05) is 18.2 Å². The van der Waals surface area contributed by atoms with Crippen LogP contribution in [0.15, 0.2) is 97.1 Å². The monoisotopic (exact) mass is 685 g/mol. The lowest BCUT2D eigenvalue weighted by Crippen LogP contribution is -2.33. The van der Waals surface area contributed by atoms with E-state index in [1.807, 2.05) is 84.9 Å². The Labute approximate surface area is 290 Å². The molecule has 0 aromatic heterocycles. The van der Waals surface area contributed by atoms with Crippen LogP contribution in [-0.2, 0) is 20.4 Å². The Balaban J connectivity index is 1.73. The van der Waals surface area contributed by atoms with Crippen LogP contribution in [0.2, 0.25) is 0 Å². The van der Waals surface area contributed by atoms with Crippen molar-refractivity contribution in [3.63, 3.8) is 0 Å². The van der Waals surface area contributed by atoms with E-state index in [2.05, 4.69) is 38.4 Å². The number of nitro groups is 1. The quantitative estimate of drug-likeness (QED) is 0.0437. The van der Waals surface area contributed by atoms with Gasteiger partial charge in [0.15, 0.2) is 0 Å². The summed E-state index contributed by atoms with van der Waals surface area (Å²) in [6.45, 7) is 8.55. The van der Waals surface area contributed by atoms with Gasteiger partial charge in [-0.05, 0) is 80.3 Å². The normalized spacial score (nSPS) is 12.7. The van der Waals surface area contributed by atoms with Crippen LogP contribution in [0.1, 0.15) is 74.1 Å². The molecule has 0 amide bonds. The SMILES string of the molecule is COc1ccc(C(OC(c2ccccc2)c2ccc(COP(OCCC#N)N(C(C)C)C(C)C)cc2[N+](=O)[O-])c2ccc(OC)cc2)cc1. The van der Waals surface area contributed by atoms with Crippen molar-refractivity contribution in [2.75, 3.05) is 20.8 Å². The minimum absolute atomic E-state index is 0.0857. The van der Waals surface area contributed by atoms with Crippen LogP contribution in [0.25, 0.3) is 0 Å². The van der Waals surface area contributed by atoms with Gasteiger partial charge in [0.05, 0.1) is 50.4 Å². The molecule has 0 aliphatic rings. The van der Waals surface area contributed by atoms with E-state index >= 15 is 0 Å². The number of nitro benzene ring substituents is 1. The molecule has 4 aromatic rings. The summed E-state index contributed by atoms with van der Waals surface area (Å²) in [6.07, 6.45) is -1.15. The highest BCUT2D eigenvalue weighted by Crippen LogP contribution is 2.47. The van der Waals surface area contributed by atoms with Crippen molar-refractivity contribution in [2.24, 2.45) is 0 Å². The molecular weight excluding hydrogens is 641 g/mol. The van der Waals surface area contributed by atoms with Gasteiger partial charge in [-0.25, -0.2) is 4.67 Å². The largest absolute Gasteiger partial charge is 0.497 e. The predicted molar refractivity (Wildman–Crippen MR) is 190 cm³/mol. The van der Waals surface area contributed by atoms with Gasteiger partial charge in [-0.1, -0.05) is 60.7 Å². The zero-order chi connectivity index (χ0) is 35.3. The third-order valence-corrected chi connectivity index (χ3v) is 9.84. The Morgan fingerprint density at radius 3 is 1.82 bits per heavy atom. The van der Waals surface area contributed by atoms with Crippen molar-refractivity contribution >= 4 is 14.2 Å². The molecule has 0 aliphatic carbocycles. The second-order valence-electron chi connectivity index (χ2n) is 11.8. The van der Waals surface area contributed by atoms with Crippen LogP contribution >= 0.6 is 8.53 Å². The predicted octanol–water partition coefficient (Wildman–Crippen LogP) is 9.30. The molecule has 0 bridgehead atoms. The first-order valence-corrected chi connectivity index (χ1v) is 17.3. The van der Waals surface area contributed by atoms with Crippen molar-refractivity contribution in [3.8, 4) is 17.6 Å². The lowest BCUT2D eigenvalue weighted by Gasteiger charge is -2.35. The Bertz CT molecular complexity index is 1610. The highest BCUT2D eigenvalue weighted by Gasteiger charge is 2.31. The number of hydrogen-bond donors (Lipinski definition) is 0. The summed E-state index contributed by atoms with van der Waals surface area (Å²) in [7, 11) is 1.70. The number of nitrogens with zero attached hydrogens (tertiary/aromatic N) is 3. The minimum Gasteiger partial charge on any atom is -0.497 e. The van der Waals surface area contributed by atoms with Crippen molar-refractivity contribution < 1.29 is 28.2 Å². The second kappa shape index (κ2) is 18.4. The fraction of sp³-hybridized carbons (Fsp3) is 0.342. The molecule has 49 heavy (non-hydrogen) atoms. The number of nitriles is 1. The van der Waals surface area contributed by atoms with Crippen molar-refractivity contribution in [1.29, 1.82) is 5.26 Å². The molecule has 0 spiro atoms. The first-order valence-electron chi connectivity index (χ1n) is 16.1. The van der Waals surface area contributed by atoms with Crippen molar-refractivity contribution in [1.82, 2.24) is 4.67 Å². The summed E-state index contributed by atoms with van der Waals surface area (Å²) in [5.74, 6) is 1.41. The molecule has 0 aliphatic heterocycles. The number of benzene rings is 4. The zero-order valence-corrected chi connectivity index (χ0v) is 29.7. The molecule has 11 heteroatoms. The first-order chi connectivity index (χ1) is 23.7. The molecule has 0 radical (unpaired) electrons. The topological polar surface area (TPSA) is 116 Å². The molecule has 0 saturated carbocycles. The summed E-state index contributed by atoms with van der Waals surface area (Å²) in [6, 6.07) is 32.1. The molecule has 0 N–H and O–H groups in total. The maximum Gasteiger partial charge on any atom is 0.275 e. The summed E-state index contributed by atoms with van der Waals surface area (Å²) in [5, 5.41) is 21.7. The Hall–Kier alpha value is -4.36. The van der Waals surface area contributed by atoms with Gasteiger partial charge in [0.25, 0.3) is 14.2 Å². The zero-order valence-electron chi connectivity index (χ0n) is 28.8. The van der Waals surface area contributed by atoms with Crippen LogP contribution in [0.3, 0.4) is 0 Å². The molecule has 10 nitrogen and oxygen atoms in total. The highest BCUT2D eigenvalue weighted by molar-refractivity contribution is 7.44. The number of methoxy groups -OCH3 is 2. The fourth-order valence-corrected chi connectivity index (χ4v) is 7.11. The fourth-order valence-electron chi connectivity index (χ4n) is 5.50. The smallest absolute Gasteiger partial charge is 0.275 e. The van der Waals surface area contributed by atoms with Gasteiger partial charge in [-0.15, -0.1) is 0 Å². The molecule has 0 saturated heterocycles. The first kappa shape index (κ1) is 37.5. The average molecular weight is 686 g/mol. The molecule has 4 rings (SSSR count). The van der Waals surface area contributed by atoms with Crippen LogP contribution in [0, 0.1) is 21.4 Å². The number of rotatable bonds is 18. The van der Waals surface area contributed by atoms with E-state index in [0.717, 1.165) is 16.7 Å². The van der Waals surface area contributed by atoms with Gasteiger partial charge in [-0.2, -0.15) is 5.26 Å². The van der Waals surface area contributed by atoms with Crippen molar-refractivity contribution in [3.05, 3.63) is 135 Å². The van der Waals surface area contributed by atoms with E-state index in [9.17, 15) is 10.1 Å². The molecule has 0 heterocycles. The van der Waals surface area contributed by atoms with E-state index in [4.69, 9.17) is 28.5 Å². The molecular formula is C38H44N3O7P. The van der Waals surface area contributed by atoms with E-state index in [1.54, 1.807) is 26.4 Å². The maximum absolute atomic E-state index is 12.7. The summed E-state index contributed by atoms with van der Waals surface area (Å²) >= 11 is 0. The van der Waals surface area contributed by atoms with E-state index in [1.165, 1.54) is 0 Å². The van der Waals surface area contributed by atoms with Crippen LogP contribution < -0.4 is 9.47 Å².